The summed E-state index contributed by atoms with van der Waals surface area (Å²) in [5.41, 5.74) is 2.64. The zero-order valence-corrected chi connectivity index (χ0v) is 16.8. The average Bonchev–Trinajstić information content (AvgIpc) is 2.76. The van der Waals surface area contributed by atoms with E-state index in [1.54, 1.807) is 0 Å². The summed E-state index contributed by atoms with van der Waals surface area (Å²) >= 11 is 0. The van der Waals surface area contributed by atoms with Gasteiger partial charge in [0.15, 0.2) is 5.82 Å². The average molecular weight is 390 g/mol. The highest BCUT2D eigenvalue weighted by Crippen LogP contribution is 2.17. The second-order valence-corrected chi connectivity index (χ2v) is 7.42. The summed E-state index contributed by atoms with van der Waals surface area (Å²) in [5, 5.41) is 0. The second kappa shape index (κ2) is 8.47. The maximum atomic E-state index is 13.4. The van der Waals surface area contributed by atoms with Gasteiger partial charge in [0.05, 0.1) is 17.6 Å². The van der Waals surface area contributed by atoms with Crippen LogP contribution in [-0.2, 0) is 11.3 Å². The minimum Gasteiger partial charge on any atom is -0.348 e. The van der Waals surface area contributed by atoms with E-state index < -0.39 is 0 Å². The van der Waals surface area contributed by atoms with Crippen LogP contribution in [0.3, 0.4) is 0 Å². The van der Waals surface area contributed by atoms with Crippen LogP contribution in [0.2, 0.25) is 0 Å². The standard InChI is InChI=1S/C23H26N4O2/c1-2-8-21(28)25-13-15-26(16-14-25)22-23(29)27(17-18-9-4-3-5-10-18)20-12-7-6-11-19(20)24-22/h3-7,9-12H,2,8,13-17H2,1H3. The lowest BCUT2D eigenvalue weighted by molar-refractivity contribution is -0.131. The number of fused-ring (bicyclic) bond motifs is 1. The summed E-state index contributed by atoms with van der Waals surface area (Å²) in [6.07, 6.45) is 1.44. The monoisotopic (exact) mass is 390 g/mol. The highest BCUT2D eigenvalue weighted by Gasteiger charge is 2.24. The van der Waals surface area contributed by atoms with E-state index in [2.05, 4.69) is 0 Å². The van der Waals surface area contributed by atoms with E-state index in [0.717, 1.165) is 23.0 Å². The van der Waals surface area contributed by atoms with Crippen molar-refractivity contribution >= 4 is 22.8 Å². The van der Waals surface area contributed by atoms with Gasteiger partial charge < -0.3 is 9.80 Å². The smallest absolute Gasteiger partial charge is 0.294 e. The summed E-state index contributed by atoms with van der Waals surface area (Å²) in [7, 11) is 0. The van der Waals surface area contributed by atoms with Crippen molar-refractivity contribution in [1.29, 1.82) is 0 Å². The number of hydrogen-bond donors (Lipinski definition) is 0. The minimum atomic E-state index is -0.0825. The Morgan fingerprint density at radius 1 is 0.966 bits per heavy atom. The maximum Gasteiger partial charge on any atom is 0.294 e. The molecule has 2 heterocycles. The Kier molecular flexibility index (Phi) is 5.60. The molecule has 6 nitrogen and oxygen atoms in total. The zero-order valence-electron chi connectivity index (χ0n) is 16.8. The molecule has 1 aromatic heterocycles. The van der Waals surface area contributed by atoms with Crippen LogP contribution in [0.25, 0.3) is 11.0 Å². The number of benzene rings is 2. The third kappa shape index (κ3) is 4.01. The third-order valence-electron chi connectivity index (χ3n) is 5.41. The second-order valence-electron chi connectivity index (χ2n) is 7.42. The van der Waals surface area contributed by atoms with Crippen LogP contribution in [0, 0.1) is 0 Å². The molecular formula is C23H26N4O2. The van der Waals surface area contributed by atoms with Crippen LogP contribution in [0.4, 0.5) is 5.82 Å². The number of carbonyl (C=O) groups is 1. The Hall–Kier alpha value is -3.15. The molecule has 6 heteroatoms. The van der Waals surface area contributed by atoms with Gasteiger partial charge in [0.25, 0.3) is 5.56 Å². The Morgan fingerprint density at radius 3 is 2.38 bits per heavy atom. The molecule has 29 heavy (non-hydrogen) atoms. The Morgan fingerprint density at radius 2 is 1.66 bits per heavy atom. The van der Waals surface area contributed by atoms with Crippen molar-refractivity contribution in [3.63, 3.8) is 0 Å². The molecule has 0 aliphatic carbocycles. The molecule has 0 atom stereocenters. The molecule has 0 saturated carbocycles. The summed E-state index contributed by atoms with van der Waals surface area (Å²) in [5.74, 6) is 0.669. The van der Waals surface area contributed by atoms with Gasteiger partial charge in [-0.2, -0.15) is 0 Å². The predicted molar refractivity (Wildman–Crippen MR) is 115 cm³/mol. The van der Waals surface area contributed by atoms with Gasteiger partial charge in [-0.15, -0.1) is 0 Å². The maximum absolute atomic E-state index is 13.4. The summed E-state index contributed by atoms with van der Waals surface area (Å²) in [6, 6.07) is 17.8. The Balaban J connectivity index is 1.66. The van der Waals surface area contributed by atoms with Crippen molar-refractivity contribution in [2.24, 2.45) is 0 Å². The van der Waals surface area contributed by atoms with E-state index in [1.165, 1.54) is 0 Å². The van der Waals surface area contributed by atoms with Crippen molar-refractivity contribution in [3.05, 3.63) is 70.5 Å². The number of amides is 1. The first-order valence-electron chi connectivity index (χ1n) is 10.2. The van der Waals surface area contributed by atoms with Crippen molar-refractivity contribution in [3.8, 4) is 0 Å². The first kappa shape index (κ1) is 19.2. The molecule has 2 aromatic carbocycles. The summed E-state index contributed by atoms with van der Waals surface area (Å²) < 4.78 is 1.81. The molecule has 150 valence electrons. The molecule has 1 aliphatic rings. The van der Waals surface area contributed by atoms with Crippen molar-refractivity contribution in [2.75, 3.05) is 31.1 Å². The van der Waals surface area contributed by atoms with Gasteiger partial charge in [0.2, 0.25) is 5.91 Å². The number of carbonyl (C=O) groups excluding carboxylic acids is 1. The number of para-hydroxylation sites is 2. The Labute approximate surface area is 170 Å². The topological polar surface area (TPSA) is 58.4 Å². The van der Waals surface area contributed by atoms with Gasteiger partial charge in [0, 0.05) is 32.6 Å². The molecule has 0 spiro atoms. The van der Waals surface area contributed by atoms with Gasteiger partial charge in [0.1, 0.15) is 0 Å². The number of aromatic nitrogens is 2. The van der Waals surface area contributed by atoms with E-state index in [-0.39, 0.29) is 11.5 Å². The minimum absolute atomic E-state index is 0.0825. The SMILES string of the molecule is CCCC(=O)N1CCN(c2nc3ccccc3n(Cc3ccccc3)c2=O)CC1. The zero-order chi connectivity index (χ0) is 20.2. The summed E-state index contributed by atoms with van der Waals surface area (Å²) in [4.78, 5) is 34.2. The largest absolute Gasteiger partial charge is 0.348 e. The normalized spacial score (nSPS) is 14.4. The molecule has 1 amide bonds. The summed E-state index contributed by atoms with van der Waals surface area (Å²) in [6.45, 7) is 5.03. The van der Waals surface area contributed by atoms with Crippen molar-refractivity contribution in [1.82, 2.24) is 14.5 Å². The molecule has 1 fully saturated rings. The van der Waals surface area contributed by atoms with E-state index >= 15 is 0 Å². The third-order valence-corrected chi connectivity index (χ3v) is 5.41. The molecular weight excluding hydrogens is 364 g/mol. The molecule has 3 aromatic rings. The quantitative estimate of drug-likeness (QED) is 0.672. The van der Waals surface area contributed by atoms with Crippen LogP contribution < -0.4 is 10.5 Å². The van der Waals surface area contributed by atoms with E-state index in [9.17, 15) is 9.59 Å². The van der Waals surface area contributed by atoms with Crippen LogP contribution in [-0.4, -0.2) is 46.5 Å². The molecule has 4 rings (SSSR count). The molecule has 0 bridgehead atoms. The van der Waals surface area contributed by atoms with Gasteiger partial charge in [-0.3, -0.25) is 14.2 Å². The molecule has 0 unspecified atom stereocenters. The van der Waals surface area contributed by atoms with Crippen LogP contribution in [0.15, 0.2) is 59.4 Å². The van der Waals surface area contributed by atoms with Crippen LogP contribution in [0.1, 0.15) is 25.3 Å². The van der Waals surface area contributed by atoms with E-state index in [1.807, 2.05) is 75.9 Å². The number of nitrogens with zero attached hydrogens (tertiary/aromatic N) is 4. The van der Waals surface area contributed by atoms with Gasteiger partial charge in [-0.25, -0.2) is 4.98 Å². The van der Waals surface area contributed by atoms with E-state index in [4.69, 9.17) is 4.98 Å². The molecule has 1 saturated heterocycles. The van der Waals surface area contributed by atoms with Gasteiger partial charge in [-0.1, -0.05) is 49.4 Å². The first-order valence-corrected chi connectivity index (χ1v) is 10.2. The fourth-order valence-electron chi connectivity index (χ4n) is 3.85. The fourth-order valence-corrected chi connectivity index (χ4v) is 3.85. The lowest BCUT2D eigenvalue weighted by Gasteiger charge is -2.35. The van der Waals surface area contributed by atoms with E-state index in [0.29, 0.717) is 45.0 Å². The molecule has 0 radical (unpaired) electrons. The van der Waals surface area contributed by atoms with Crippen LogP contribution in [0.5, 0.6) is 0 Å². The first-order chi connectivity index (χ1) is 14.2. The lowest BCUT2D eigenvalue weighted by Crippen LogP contribution is -2.50. The number of hydrogen-bond acceptors (Lipinski definition) is 4. The molecule has 0 N–H and O–H groups in total. The number of piperazine rings is 1. The predicted octanol–water partition coefficient (Wildman–Crippen LogP) is 2.89. The van der Waals surface area contributed by atoms with Crippen molar-refractivity contribution < 1.29 is 4.79 Å². The van der Waals surface area contributed by atoms with Crippen molar-refractivity contribution in [2.45, 2.75) is 26.3 Å². The highest BCUT2D eigenvalue weighted by atomic mass is 16.2. The lowest BCUT2D eigenvalue weighted by atomic mass is 10.2. The fraction of sp³-hybridized carbons (Fsp3) is 0.348. The van der Waals surface area contributed by atoms with Gasteiger partial charge in [-0.05, 0) is 24.1 Å². The molecule has 1 aliphatic heterocycles. The number of rotatable bonds is 5. The highest BCUT2D eigenvalue weighted by molar-refractivity contribution is 5.77. The van der Waals surface area contributed by atoms with Gasteiger partial charge >= 0.3 is 0 Å². The number of anilines is 1. The Bertz CT molecular complexity index is 1050. The van der Waals surface area contributed by atoms with Crippen LogP contribution >= 0.6 is 0 Å².